The number of hydrogen-bond acceptors (Lipinski definition) is 3. The summed E-state index contributed by atoms with van der Waals surface area (Å²) in [7, 11) is 3.22. The van der Waals surface area contributed by atoms with Gasteiger partial charge in [0.1, 0.15) is 11.0 Å². The van der Waals surface area contributed by atoms with Gasteiger partial charge in [-0.05, 0) is 12.5 Å². The Balaban J connectivity index is 2.71. The van der Waals surface area contributed by atoms with E-state index in [4.69, 9.17) is 16.3 Å². The number of amides is 1. The molecular weight excluding hydrogens is 247 g/mol. The molecule has 0 N–H and O–H groups in total. The molecule has 0 bridgehead atoms. The van der Waals surface area contributed by atoms with Crippen LogP contribution in [0.5, 0.6) is 0 Å². The van der Waals surface area contributed by atoms with Gasteiger partial charge in [-0.3, -0.25) is 4.79 Å². The van der Waals surface area contributed by atoms with Crippen molar-refractivity contribution >= 4 is 17.5 Å². The highest BCUT2D eigenvalue weighted by atomic mass is 35.5. The Morgan fingerprint density at radius 1 is 1.65 bits per heavy atom. The number of hydrogen-bond donors (Lipinski definition) is 0. The smallest absolute Gasteiger partial charge is 0.256 e. The van der Waals surface area contributed by atoms with E-state index in [9.17, 15) is 9.18 Å². The van der Waals surface area contributed by atoms with Crippen LogP contribution in [0.25, 0.3) is 0 Å². The van der Waals surface area contributed by atoms with E-state index in [1.807, 2.05) is 0 Å². The van der Waals surface area contributed by atoms with E-state index in [0.29, 0.717) is 19.6 Å². The van der Waals surface area contributed by atoms with Crippen LogP contribution in [-0.2, 0) is 4.74 Å². The number of methoxy groups -OCH3 is 1. The zero-order valence-corrected chi connectivity index (χ0v) is 10.5. The van der Waals surface area contributed by atoms with Gasteiger partial charge < -0.3 is 9.64 Å². The number of halogens is 2. The second-order valence-electron chi connectivity index (χ2n) is 3.56. The van der Waals surface area contributed by atoms with Gasteiger partial charge in [-0.25, -0.2) is 9.37 Å². The van der Waals surface area contributed by atoms with Crippen LogP contribution in [0.4, 0.5) is 4.39 Å². The number of ether oxygens (including phenoxy) is 1. The van der Waals surface area contributed by atoms with Crippen LogP contribution >= 0.6 is 11.6 Å². The highest BCUT2D eigenvalue weighted by molar-refractivity contribution is 6.32. The molecule has 0 aromatic carbocycles. The number of pyridine rings is 1. The summed E-state index contributed by atoms with van der Waals surface area (Å²) in [5.74, 6) is -0.929. The van der Waals surface area contributed by atoms with Crippen molar-refractivity contribution in [3.05, 3.63) is 28.8 Å². The number of rotatable bonds is 5. The molecule has 0 aliphatic rings. The van der Waals surface area contributed by atoms with E-state index >= 15 is 0 Å². The quantitative estimate of drug-likeness (QED) is 0.601. The first kappa shape index (κ1) is 13.9. The summed E-state index contributed by atoms with van der Waals surface area (Å²) in [4.78, 5) is 17.0. The molecule has 0 fully saturated rings. The summed E-state index contributed by atoms with van der Waals surface area (Å²) in [6.45, 7) is 1.08. The summed E-state index contributed by atoms with van der Waals surface area (Å²) < 4.78 is 17.8. The number of nitrogens with zero attached hydrogens (tertiary/aromatic N) is 2. The Morgan fingerprint density at radius 3 is 3.00 bits per heavy atom. The molecule has 0 saturated heterocycles. The molecule has 1 amide bonds. The normalized spacial score (nSPS) is 10.4. The largest absolute Gasteiger partial charge is 0.385 e. The van der Waals surface area contributed by atoms with E-state index < -0.39 is 5.82 Å². The van der Waals surface area contributed by atoms with Crippen LogP contribution in [0.15, 0.2) is 12.3 Å². The molecule has 0 atom stereocenters. The Labute approximate surface area is 104 Å². The fraction of sp³-hybridized carbons (Fsp3) is 0.455. The van der Waals surface area contributed by atoms with Crippen LogP contribution < -0.4 is 0 Å². The zero-order valence-electron chi connectivity index (χ0n) is 9.74. The highest BCUT2D eigenvalue weighted by Gasteiger charge is 2.16. The van der Waals surface area contributed by atoms with Crippen molar-refractivity contribution in [2.45, 2.75) is 6.42 Å². The van der Waals surface area contributed by atoms with Gasteiger partial charge in [0, 0.05) is 27.3 Å². The fourth-order valence-electron chi connectivity index (χ4n) is 1.33. The average molecular weight is 261 g/mol. The van der Waals surface area contributed by atoms with E-state index in [2.05, 4.69) is 4.98 Å². The standard InChI is InChI=1S/C11H14ClFN2O2/c1-15(4-3-5-17-2)11(16)9-6-8(13)7-14-10(9)12/h6-7H,3-5H2,1-2H3. The molecule has 0 saturated carbocycles. The second kappa shape index (κ2) is 6.51. The van der Waals surface area contributed by atoms with Crippen molar-refractivity contribution in [2.24, 2.45) is 0 Å². The highest BCUT2D eigenvalue weighted by Crippen LogP contribution is 2.15. The molecule has 0 aliphatic carbocycles. The predicted molar refractivity (Wildman–Crippen MR) is 62.7 cm³/mol. The molecule has 17 heavy (non-hydrogen) atoms. The topological polar surface area (TPSA) is 42.4 Å². The number of carbonyl (C=O) groups excluding carboxylic acids is 1. The van der Waals surface area contributed by atoms with E-state index in [1.165, 1.54) is 4.90 Å². The molecule has 1 aromatic rings. The molecule has 0 unspecified atom stereocenters. The molecule has 6 heteroatoms. The lowest BCUT2D eigenvalue weighted by Crippen LogP contribution is -2.28. The summed E-state index contributed by atoms with van der Waals surface area (Å²) in [6, 6.07) is 1.09. The van der Waals surface area contributed by atoms with Gasteiger partial charge >= 0.3 is 0 Å². The van der Waals surface area contributed by atoms with Gasteiger partial charge in [0.05, 0.1) is 11.8 Å². The monoisotopic (exact) mass is 260 g/mol. The minimum atomic E-state index is -0.581. The lowest BCUT2D eigenvalue weighted by molar-refractivity contribution is 0.0778. The Kier molecular flexibility index (Phi) is 5.31. The SMILES string of the molecule is COCCCN(C)C(=O)c1cc(F)cnc1Cl. The maximum absolute atomic E-state index is 13.0. The number of aromatic nitrogens is 1. The fourth-order valence-corrected chi connectivity index (χ4v) is 1.51. The average Bonchev–Trinajstić information content (AvgIpc) is 2.31. The van der Waals surface area contributed by atoms with Crippen LogP contribution in [-0.4, -0.2) is 43.1 Å². The maximum atomic E-state index is 13.0. The van der Waals surface area contributed by atoms with Crippen molar-refractivity contribution in [1.82, 2.24) is 9.88 Å². The third kappa shape index (κ3) is 3.94. The van der Waals surface area contributed by atoms with Crippen molar-refractivity contribution in [3.8, 4) is 0 Å². The summed E-state index contributed by atoms with van der Waals surface area (Å²) in [6.07, 6.45) is 1.68. The second-order valence-corrected chi connectivity index (χ2v) is 3.92. The minimum absolute atomic E-state index is 0.00925. The first-order chi connectivity index (χ1) is 8.06. The molecule has 1 rings (SSSR count). The summed E-state index contributed by atoms with van der Waals surface area (Å²) in [5.41, 5.74) is 0.0755. The van der Waals surface area contributed by atoms with Crippen molar-refractivity contribution in [3.63, 3.8) is 0 Å². The minimum Gasteiger partial charge on any atom is -0.385 e. The van der Waals surface area contributed by atoms with Crippen LogP contribution in [0.3, 0.4) is 0 Å². The maximum Gasteiger partial charge on any atom is 0.256 e. The number of carbonyl (C=O) groups is 1. The molecule has 1 aromatic heterocycles. The molecule has 0 spiro atoms. The molecule has 4 nitrogen and oxygen atoms in total. The van der Waals surface area contributed by atoms with Crippen molar-refractivity contribution in [1.29, 1.82) is 0 Å². The van der Waals surface area contributed by atoms with Crippen molar-refractivity contribution in [2.75, 3.05) is 27.3 Å². The lowest BCUT2D eigenvalue weighted by atomic mass is 10.2. The Hall–Kier alpha value is -1.20. The van der Waals surface area contributed by atoms with Crippen molar-refractivity contribution < 1.29 is 13.9 Å². The molecule has 94 valence electrons. The van der Waals surface area contributed by atoms with Crippen LogP contribution in [0.2, 0.25) is 5.15 Å². The van der Waals surface area contributed by atoms with E-state index in [-0.39, 0.29) is 16.6 Å². The molecule has 0 radical (unpaired) electrons. The molecule has 1 heterocycles. The van der Waals surface area contributed by atoms with Gasteiger partial charge in [0.25, 0.3) is 5.91 Å². The van der Waals surface area contributed by atoms with Gasteiger partial charge in [0.2, 0.25) is 0 Å². The first-order valence-corrected chi connectivity index (χ1v) is 5.49. The molecular formula is C11H14ClFN2O2. The third-order valence-corrected chi connectivity index (χ3v) is 2.53. The van der Waals surface area contributed by atoms with Gasteiger partial charge in [-0.2, -0.15) is 0 Å². The van der Waals surface area contributed by atoms with Gasteiger partial charge in [-0.1, -0.05) is 11.6 Å². The van der Waals surface area contributed by atoms with E-state index in [1.54, 1.807) is 14.2 Å². The summed E-state index contributed by atoms with van der Waals surface area (Å²) in [5, 5.41) is 0.00925. The van der Waals surface area contributed by atoms with Gasteiger partial charge in [0.15, 0.2) is 0 Å². The summed E-state index contributed by atoms with van der Waals surface area (Å²) >= 11 is 5.75. The predicted octanol–water partition coefficient (Wildman–Crippen LogP) is 1.98. The Morgan fingerprint density at radius 2 is 2.35 bits per heavy atom. The molecule has 0 aliphatic heterocycles. The Bertz CT molecular complexity index is 401. The third-order valence-electron chi connectivity index (χ3n) is 2.22. The lowest BCUT2D eigenvalue weighted by Gasteiger charge is -2.17. The first-order valence-electron chi connectivity index (χ1n) is 5.11. The van der Waals surface area contributed by atoms with Gasteiger partial charge in [-0.15, -0.1) is 0 Å². The van der Waals surface area contributed by atoms with E-state index in [0.717, 1.165) is 12.3 Å². The zero-order chi connectivity index (χ0) is 12.8. The van der Waals surface area contributed by atoms with Crippen LogP contribution in [0, 0.1) is 5.82 Å². The van der Waals surface area contributed by atoms with Crippen LogP contribution in [0.1, 0.15) is 16.8 Å².